The highest BCUT2D eigenvalue weighted by molar-refractivity contribution is 9.10. The SMILES string of the molecule is O=C(NCC1CCC(C(=O)O)CC1)c1sccc1Br. The van der Waals surface area contributed by atoms with Crippen LogP contribution in [0.15, 0.2) is 15.9 Å². The number of carbonyl (C=O) groups is 2. The lowest BCUT2D eigenvalue weighted by Gasteiger charge is -2.26. The second-order valence-corrected chi connectivity index (χ2v) is 6.63. The van der Waals surface area contributed by atoms with Gasteiger partial charge in [0.1, 0.15) is 4.88 Å². The van der Waals surface area contributed by atoms with E-state index in [9.17, 15) is 9.59 Å². The van der Waals surface area contributed by atoms with Gasteiger partial charge in [-0.1, -0.05) is 0 Å². The van der Waals surface area contributed by atoms with Gasteiger partial charge < -0.3 is 10.4 Å². The topological polar surface area (TPSA) is 66.4 Å². The van der Waals surface area contributed by atoms with Gasteiger partial charge in [0.15, 0.2) is 0 Å². The zero-order valence-corrected chi connectivity index (χ0v) is 12.8. The summed E-state index contributed by atoms with van der Waals surface area (Å²) in [5, 5.41) is 13.7. The predicted octanol–water partition coefficient (Wildman–Crippen LogP) is 3.13. The van der Waals surface area contributed by atoms with Crippen molar-refractivity contribution >= 4 is 39.1 Å². The Morgan fingerprint density at radius 2 is 2.05 bits per heavy atom. The van der Waals surface area contributed by atoms with Crippen molar-refractivity contribution in [2.75, 3.05) is 6.54 Å². The second-order valence-electron chi connectivity index (χ2n) is 4.86. The van der Waals surface area contributed by atoms with E-state index in [2.05, 4.69) is 21.2 Å². The number of thiophene rings is 1. The van der Waals surface area contributed by atoms with Crippen molar-refractivity contribution in [3.05, 3.63) is 20.8 Å². The van der Waals surface area contributed by atoms with Crippen LogP contribution in [0.25, 0.3) is 0 Å². The van der Waals surface area contributed by atoms with E-state index < -0.39 is 5.97 Å². The van der Waals surface area contributed by atoms with Crippen LogP contribution >= 0.6 is 27.3 Å². The van der Waals surface area contributed by atoms with Gasteiger partial charge in [-0.15, -0.1) is 11.3 Å². The summed E-state index contributed by atoms with van der Waals surface area (Å²) in [7, 11) is 0. The molecule has 0 radical (unpaired) electrons. The molecule has 19 heavy (non-hydrogen) atoms. The van der Waals surface area contributed by atoms with E-state index in [0.29, 0.717) is 17.3 Å². The predicted molar refractivity (Wildman–Crippen MR) is 77.4 cm³/mol. The molecule has 4 nitrogen and oxygen atoms in total. The number of carboxylic acids is 1. The molecule has 1 fully saturated rings. The number of amides is 1. The lowest BCUT2D eigenvalue weighted by atomic mass is 9.82. The number of carboxylic acid groups (broad SMARTS) is 1. The molecule has 104 valence electrons. The maximum atomic E-state index is 11.9. The highest BCUT2D eigenvalue weighted by atomic mass is 79.9. The maximum Gasteiger partial charge on any atom is 0.306 e. The molecule has 0 aliphatic heterocycles. The highest BCUT2D eigenvalue weighted by Crippen LogP contribution is 2.29. The van der Waals surface area contributed by atoms with Crippen LogP contribution in [0.3, 0.4) is 0 Å². The van der Waals surface area contributed by atoms with Crippen molar-refractivity contribution < 1.29 is 14.7 Å². The van der Waals surface area contributed by atoms with Crippen LogP contribution in [0, 0.1) is 11.8 Å². The number of aliphatic carboxylic acids is 1. The van der Waals surface area contributed by atoms with Gasteiger partial charge >= 0.3 is 5.97 Å². The molecule has 1 amide bonds. The van der Waals surface area contributed by atoms with Gasteiger partial charge in [-0.05, 0) is 59.0 Å². The Morgan fingerprint density at radius 1 is 1.37 bits per heavy atom. The summed E-state index contributed by atoms with van der Waals surface area (Å²) in [6, 6.07) is 1.86. The Hall–Kier alpha value is -0.880. The summed E-state index contributed by atoms with van der Waals surface area (Å²) in [6.07, 6.45) is 3.20. The minimum atomic E-state index is -0.690. The van der Waals surface area contributed by atoms with Crippen molar-refractivity contribution in [2.24, 2.45) is 11.8 Å². The van der Waals surface area contributed by atoms with Gasteiger partial charge in [-0.2, -0.15) is 0 Å². The van der Waals surface area contributed by atoms with E-state index >= 15 is 0 Å². The summed E-state index contributed by atoms with van der Waals surface area (Å²) < 4.78 is 0.824. The Balaban J connectivity index is 1.77. The molecule has 1 aliphatic rings. The first kappa shape index (κ1) is 14.5. The molecular weight excluding hydrogens is 330 g/mol. The monoisotopic (exact) mass is 345 g/mol. The van der Waals surface area contributed by atoms with Gasteiger partial charge in [0.2, 0.25) is 0 Å². The van der Waals surface area contributed by atoms with Crippen molar-refractivity contribution in [1.82, 2.24) is 5.32 Å². The van der Waals surface area contributed by atoms with Crippen LogP contribution in [0.4, 0.5) is 0 Å². The third-order valence-corrected chi connectivity index (χ3v) is 5.41. The molecule has 0 bridgehead atoms. The number of rotatable bonds is 4. The van der Waals surface area contributed by atoms with Crippen LogP contribution in [-0.4, -0.2) is 23.5 Å². The first-order valence-corrected chi connectivity index (χ1v) is 7.99. The van der Waals surface area contributed by atoms with E-state index in [-0.39, 0.29) is 11.8 Å². The Kier molecular flexibility index (Phi) is 4.99. The largest absolute Gasteiger partial charge is 0.481 e. The first-order valence-electron chi connectivity index (χ1n) is 6.32. The van der Waals surface area contributed by atoms with Crippen LogP contribution in [0.1, 0.15) is 35.4 Å². The molecule has 0 spiro atoms. The van der Waals surface area contributed by atoms with Crippen molar-refractivity contribution in [3.63, 3.8) is 0 Å². The zero-order chi connectivity index (χ0) is 13.8. The molecule has 2 rings (SSSR count). The summed E-state index contributed by atoms with van der Waals surface area (Å²) in [5.74, 6) is -0.538. The third kappa shape index (κ3) is 3.79. The molecule has 1 saturated carbocycles. The molecule has 2 N–H and O–H groups in total. The zero-order valence-electron chi connectivity index (χ0n) is 10.4. The van der Waals surface area contributed by atoms with E-state index in [1.54, 1.807) is 0 Å². The average molecular weight is 346 g/mol. The maximum absolute atomic E-state index is 11.9. The van der Waals surface area contributed by atoms with Crippen LogP contribution in [-0.2, 0) is 4.79 Å². The molecule has 0 aromatic carbocycles. The average Bonchev–Trinajstić information content (AvgIpc) is 2.83. The van der Waals surface area contributed by atoms with Crippen LogP contribution in [0.2, 0.25) is 0 Å². The van der Waals surface area contributed by atoms with Gasteiger partial charge in [0.25, 0.3) is 5.91 Å². The molecule has 6 heteroatoms. The van der Waals surface area contributed by atoms with E-state index in [0.717, 1.165) is 30.2 Å². The van der Waals surface area contributed by atoms with E-state index in [1.165, 1.54) is 11.3 Å². The fourth-order valence-electron chi connectivity index (χ4n) is 2.39. The Bertz CT molecular complexity index is 466. The summed E-state index contributed by atoms with van der Waals surface area (Å²) in [5.41, 5.74) is 0. The minimum absolute atomic E-state index is 0.0535. The number of carbonyl (C=O) groups excluding carboxylic acids is 1. The van der Waals surface area contributed by atoms with Gasteiger partial charge in [0.05, 0.1) is 5.92 Å². The smallest absolute Gasteiger partial charge is 0.306 e. The molecule has 0 unspecified atom stereocenters. The van der Waals surface area contributed by atoms with Gasteiger partial charge in [0, 0.05) is 11.0 Å². The standard InChI is InChI=1S/C13H16BrNO3S/c14-10-5-6-19-11(10)12(16)15-7-8-1-3-9(4-2-8)13(17)18/h5-6,8-9H,1-4,7H2,(H,15,16)(H,17,18). The number of nitrogens with one attached hydrogen (secondary N) is 1. The van der Waals surface area contributed by atoms with Crippen LogP contribution in [0.5, 0.6) is 0 Å². The van der Waals surface area contributed by atoms with E-state index in [1.807, 2.05) is 11.4 Å². The molecule has 1 aliphatic carbocycles. The van der Waals surface area contributed by atoms with Crippen molar-refractivity contribution in [1.29, 1.82) is 0 Å². The second kappa shape index (κ2) is 6.52. The van der Waals surface area contributed by atoms with Crippen molar-refractivity contribution in [3.8, 4) is 0 Å². The molecule has 1 aromatic heterocycles. The molecular formula is C13H16BrNO3S. The molecule has 0 saturated heterocycles. The fraction of sp³-hybridized carbons (Fsp3) is 0.538. The summed E-state index contributed by atoms with van der Waals surface area (Å²) in [6.45, 7) is 0.634. The molecule has 1 aromatic rings. The van der Waals surface area contributed by atoms with Gasteiger partial charge in [-0.25, -0.2) is 0 Å². The molecule has 1 heterocycles. The van der Waals surface area contributed by atoms with Gasteiger partial charge in [-0.3, -0.25) is 9.59 Å². The quantitative estimate of drug-likeness (QED) is 0.880. The lowest BCUT2D eigenvalue weighted by molar-refractivity contribution is -0.143. The van der Waals surface area contributed by atoms with Crippen molar-refractivity contribution in [2.45, 2.75) is 25.7 Å². The van der Waals surface area contributed by atoms with Crippen LogP contribution < -0.4 is 5.32 Å². The first-order chi connectivity index (χ1) is 9.08. The Labute approximate surface area is 124 Å². The van der Waals surface area contributed by atoms with E-state index in [4.69, 9.17) is 5.11 Å². The third-order valence-electron chi connectivity index (χ3n) is 3.57. The number of hydrogen-bond acceptors (Lipinski definition) is 3. The molecule has 0 atom stereocenters. The summed E-state index contributed by atoms with van der Waals surface area (Å²) >= 11 is 4.75. The summed E-state index contributed by atoms with van der Waals surface area (Å²) in [4.78, 5) is 23.5. The normalized spacial score (nSPS) is 23.0. The number of hydrogen-bond donors (Lipinski definition) is 2. The highest BCUT2D eigenvalue weighted by Gasteiger charge is 2.26. The number of halogens is 1. The Morgan fingerprint density at radius 3 is 2.58 bits per heavy atom. The minimum Gasteiger partial charge on any atom is -0.481 e. The fourth-order valence-corrected chi connectivity index (χ4v) is 3.85. The lowest BCUT2D eigenvalue weighted by Crippen LogP contribution is -2.32.